The van der Waals surface area contributed by atoms with Crippen molar-refractivity contribution in [3.8, 4) is 0 Å². The van der Waals surface area contributed by atoms with Gasteiger partial charge in [0, 0.05) is 33.4 Å². The van der Waals surface area contributed by atoms with E-state index in [9.17, 15) is 0 Å². The van der Waals surface area contributed by atoms with Gasteiger partial charge < -0.3 is 20.1 Å². The van der Waals surface area contributed by atoms with Gasteiger partial charge in [0.25, 0.3) is 0 Å². The number of nitrogens with zero attached hydrogens (tertiary/aromatic N) is 1. The molecule has 26 heavy (non-hydrogen) atoms. The van der Waals surface area contributed by atoms with Crippen molar-refractivity contribution in [3.05, 3.63) is 0 Å². The van der Waals surface area contributed by atoms with Crippen LogP contribution in [0.5, 0.6) is 0 Å². The van der Waals surface area contributed by atoms with E-state index in [1.54, 1.807) is 7.11 Å². The van der Waals surface area contributed by atoms with E-state index >= 15 is 0 Å². The van der Waals surface area contributed by atoms with Gasteiger partial charge in [-0.05, 0) is 44.4 Å². The van der Waals surface area contributed by atoms with Gasteiger partial charge in [-0.1, -0.05) is 32.1 Å². The Morgan fingerprint density at radius 3 is 2.35 bits per heavy atom. The molecule has 0 bridgehead atoms. The molecule has 2 rings (SSSR count). The molecule has 0 unspecified atom stereocenters. The molecule has 154 valence electrons. The number of hydrogen-bond acceptors (Lipinski definition) is 3. The first-order valence-corrected chi connectivity index (χ1v) is 10.4. The maximum Gasteiger partial charge on any atom is 0.191 e. The van der Waals surface area contributed by atoms with E-state index in [4.69, 9.17) is 14.5 Å². The summed E-state index contributed by atoms with van der Waals surface area (Å²) in [5.74, 6) is 0.927. The molecule has 0 aromatic rings. The van der Waals surface area contributed by atoms with Crippen molar-refractivity contribution in [3.63, 3.8) is 0 Å². The maximum atomic E-state index is 6.06. The van der Waals surface area contributed by atoms with Gasteiger partial charge in [-0.25, -0.2) is 0 Å². The zero-order chi connectivity index (χ0) is 17.8. The molecule has 0 saturated heterocycles. The molecule has 0 atom stereocenters. The second kappa shape index (κ2) is 14.0. The molecule has 0 amide bonds. The van der Waals surface area contributed by atoms with Crippen molar-refractivity contribution in [2.45, 2.75) is 77.2 Å². The van der Waals surface area contributed by atoms with E-state index < -0.39 is 0 Å². The summed E-state index contributed by atoms with van der Waals surface area (Å²) in [5, 5.41) is 6.80. The average molecular weight is 481 g/mol. The summed E-state index contributed by atoms with van der Waals surface area (Å²) in [6, 6.07) is 0. The van der Waals surface area contributed by atoms with Crippen molar-refractivity contribution in [2.75, 3.05) is 40.0 Å². The topological polar surface area (TPSA) is 54.9 Å². The zero-order valence-electron chi connectivity index (χ0n) is 16.9. The van der Waals surface area contributed by atoms with E-state index in [2.05, 4.69) is 17.6 Å². The second-order valence-electron chi connectivity index (χ2n) is 7.70. The van der Waals surface area contributed by atoms with Crippen LogP contribution < -0.4 is 10.6 Å². The van der Waals surface area contributed by atoms with Crippen LogP contribution in [0.3, 0.4) is 0 Å². The van der Waals surface area contributed by atoms with Crippen LogP contribution in [-0.2, 0) is 9.47 Å². The zero-order valence-corrected chi connectivity index (χ0v) is 19.2. The Morgan fingerprint density at radius 2 is 1.77 bits per heavy atom. The maximum absolute atomic E-state index is 6.06. The van der Waals surface area contributed by atoms with E-state index in [0.717, 1.165) is 45.2 Å². The first-order chi connectivity index (χ1) is 12.3. The fraction of sp³-hybridized carbons (Fsp3) is 0.950. The van der Waals surface area contributed by atoms with Crippen LogP contribution >= 0.6 is 24.0 Å². The Bertz CT molecular complexity index is 381. The number of aliphatic imine (C=N–C) groups is 1. The Morgan fingerprint density at radius 1 is 1.04 bits per heavy atom. The lowest BCUT2D eigenvalue weighted by molar-refractivity contribution is 0.0467. The third-order valence-corrected chi connectivity index (χ3v) is 5.72. The molecule has 2 N–H and O–H groups in total. The molecular formula is C20H40IN3O2. The fourth-order valence-electron chi connectivity index (χ4n) is 3.87. The van der Waals surface area contributed by atoms with Gasteiger partial charge in [0.05, 0.1) is 12.7 Å². The fourth-order valence-corrected chi connectivity index (χ4v) is 3.87. The molecule has 2 saturated carbocycles. The highest BCUT2D eigenvalue weighted by Gasteiger charge is 2.36. The van der Waals surface area contributed by atoms with Crippen LogP contribution in [0.25, 0.3) is 0 Å². The Labute approximate surface area is 177 Å². The lowest BCUT2D eigenvalue weighted by Crippen LogP contribution is -2.41. The normalized spacial score (nSPS) is 20.6. The van der Waals surface area contributed by atoms with Crippen molar-refractivity contribution < 1.29 is 9.47 Å². The van der Waals surface area contributed by atoms with Gasteiger partial charge in [-0.2, -0.15) is 0 Å². The summed E-state index contributed by atoms with van der Waals surface area (Å²) in [6.45, 7) is 6.34. The number of methoxy groups -OCH3 is 1. The first kappa shape index (κ1) is 24.0. The SMILES string of the molecule is CCNC(=NCC1(CCOC)CCC1)NCCOC1CCCCCC1.I. The van der Waals surface area contributed by atoms with Crippen LogP contribution in [0.1, 0.15) is 71.1 Å². The smallest absolute Gasteiger partial charge is 0.191 e. The van der Waals surface area contributed by atoms with Crippen LogP contribution in [0.4, 0.5) is 0 Å². The van der Waals surface area contributed by atoms with Gasteiger partial charge in [0.2, 0.25) is 0 Å². The molecule has 5 nitrogen and oxygen atoms in total. The van der Waals surface area contributed by atoms with E-state index in [1.165, 1.54) is 57.8 Å². The number of nitrogens with one attached hydrogen (secondary N) is 2. The third-order valence-electron chi connectivity index (χ3n) is 5.72. The van der Waals surface area contributed by atoms with E-state index in [0.29, 0.717) is 11.5 Å². The number of ether oxygens (including phenoxy) is 2. The van der Waals surface area contributed by atoms with Crippen LogP contribution in [0.2, 0.25) is 0 Å². The minimum Gasteiger partial charge on any atom is -0.385 e. The summed E-state index contributed by atoms with van der Waals surface area (Å²) >= 11 is 0. The van der Waals surface area contributed by atoms with Crippen molar-refractivity contribution in [2.24, 2.45) is 10.4 Å². The molecule has 2 fully saturated rings. The predicted molar refractivity (Wildman–Crippen MR) is 120 cm³/mol. The van der Waals surface area contributed by atoms with Crippen LogP contribution in [-0.4, -0.2) is 52.0 Å². The molecule has 0 heterocycles. The minimum absolute atomic E-state index is 0. The monoisotopic (exact) mass is 481 g/mol. The highest BCUT2D eigenvalue weighted by molar-refractivity contribution is 14.0. The molecule has 2 aliphatic carbocycles. The first-order valence-electron chi connectivity index (χ1n) is 10.4. The molecular weight excluding hydrogens is 441 g/mol. The second-order valence-corrected chi connectivity index (χ2v) is 7.70. The number of hydrogen-bond donors (Lipinski definition) is 2. The van der Waals surface area contributed by atoms with Crippen molar-refractivity contribution in [1.82, 2.24) is 10.6 Å². The predicted octanol–water partition coefficient (Wildman–Crippen LogP) is 4.11. The highest BCUT2D eigenvalue weighted by atomic mass is 127. The summed E-state index contributed by atoms with van der Waals surface area (Å²) in [4.78, 5) is 4.84. The quantitative estimate of drug-likeness (QED) is 0.162. The van der Waals surface area contributed by atoms with Crippen molar-refractivity contribution in [1.29, 1.82) is 0 Å². The van der Waals surface area contributed by atoms with E-state index in [-0.39, 0.29) is 24.0 Å². The molecule has 6 heteroatoms. The largest absolute Gasteiger partial charge is 0.385 e. The lowest BCUT2D eigenvalue weighted by atomic mass is 9.67. The number of rotatable bonds is 10. The molecule has 0 radical (unpaired) electrons. The number of guanidine groups is 1. The Balaban J connectivity index is 0.00000338. The molecule has 2 aliphatic rings. The molecule has 0 aliphatic heterocycles. The van der Waals surface area contributed by atoms with E-state index in [1.807, 2.05) is 0 Å². The summed E-state index contributed by atoms with van der Waals surface area (Å²) in [5.41, 5.74) is 0.370. The third kappa shape index (κ3) is 8.74. The standard InChI is InChI=1S/C20H39N3O2.HI/c1-3-21-19(23-17-20(11-8-12-20)13-15-24-2)22-14-16-25-18-9-6-4-5-7-10-18;/h18H,3-17H2,1-2H3,(H2,21,22,23);1H. The summed E-state index contributed by atoms with van der Waals surface area (Å²) in [6.07, 6.45) is 13.4. The van der Waals surface area contributed by atoms with Gasteiger partial charge in [-0.15, -0.1) is 24.0 Å². The van der Waals surface area contributed by atoms with Gasteiger partial charge in [-0.3, -0.25) is 4.99 Å². The van der Waals surface area contributed by atoms with Crippen LogP contribution in [0, 0.1) is 5.41 Å². The average Bonchev–Trinajstić information content (AvgIpc) is 2.86. The van der Waals surface area contributed by atoms with Gasteiger partial charge in [0.15, 0.2) is 5.96 Å². The lowest BCUT2D eigenvalue weighted by Gasteiger charge is -2.40. The van der Waals surface area contributed by atoms with Crippen molar-refractivity contribution >= 4 is 29.9 Å². The summed E-state index contributed by atoms with van der Waals surface area (Å²) < 4.78 is 11.3. The molecule has 0 spiro atoms. The summed E-state index contributed by atoms with van der Waals surface area (Å²) in [7, 11) is 1.79. The highest BCUT2D eigenvalue weighted by Crippen LogP contribution is 2.44. The minimum atomic E-state index is 0. The molecule has 0 aromatic heterocycles. The molecule has 0 aromatic carbocycles. The Kier molecular flexibility index (Phi) is 12.9. The van der Waals surface area contributed by atoms with Crippen LogP contribution in [0.15, 0.2) is 4.99 Å². The Hall–Kier alpha value is -0.0800. The van der Waals surface area contributed by atoms with Gasteiger partial charge >= 0.3 is 0 Å². The number of halogens is 1. The van der Waals surface area contributed by atoms with Gasteiger partial charge in [0.1, 0.15) is 0 Å².